The van der Waals surface area contributed by atoms with Gasteiger partial charge in [0.25, 0.3) is 5.91 Å². The number of amides is 1. The molecule has 1 aromatic rings. The van der Waals surface area contributed by atoms with Gasteiger partial charge in [-0.1, -0.05) is 19.0 Å². The molecular weight excluding hydrogens is 204 g/mol. The summed E-state index contributed by atoms with van der Waals surface area (Å²) in [5.41, 5.74) is 0.429. The first kappa shape index (κ1) is 11.2. The summed E-state index contributed by atoms with van der Waals surface area (Å²) in [5.74, 6) is 1.82. The van der Waals surface area contributed by atoms with Crippen molar-refractivity contribution in [2.24, 2.45) is 11.8 Å². The van der Waals surface area contributed by atoms with Gasteiger partial charge in [-0.2, -0.15) is 0 Å². The zero-order chi connectivity index (χ0) is 11.7. The first-order valence-corrected chi connectivity index (χ1v) is 5.79. The number of rotatable bonds is 1. The fourth-order valence-electron chi connectivity index (χ4n) is 2.46. The van der Waals surface area contributed by atoms with Crippen molar-refractivity contribution in [2.75, 3.05) is 13.1 Å². The maximum absolute atomic E-state index is 12.1. The number of carbonyl (C=O) groups is 1. The van der Waals surface area contributed by atoms with Crippen LogP contribution < -0.4 is 0 Å². The molecule has 1 aliphatic heterocycles. The summed E-state index contributed by atoms with van der Waals surface area (Å²) < 4.78 is 4.93. The Labute approximate surface area is 95.6 Å². The van der Waals surface area contributed by atoms with Crippen LogP contribution in [0.15, 0.2) is 10.6 Å². The minimum Gasteiger partial charge on any atom is -0.361 e. The van der Waals surface area contributed by atoms with E-state index in [0.29, 0.717) is 23.3 Å². The largest absolute Gasteiger partial charge is 0.361 e. The minimum atomic E-state index is -0.00440. The van der Waals surface area contributed by atoms with Crippen LogP contribution in [-0.4, -0.2) is 29.1 Å². The van der Waals surface area contributed by atoms with Gasteiger partial charge in [-0.3, -0.25) is 4.79 Å². The van der Waals surface area contributed by atoms with Crippen LogP contribution in [0.25, 0.3) is 0 Å². The molecule has 1 fully saturated rings. The van der Waals surface area contributed by atoms with Crippen LogP contribution in [0.5, 0.6) is 0 Å². The van der Waals surface area contributed by atoms with Crippen LogP contribution >= 0.6 is 0 Å². The average molecular weight is 222 g/mol. The Morgan fingerprint density at radius 1 is 1.44 bits per heavy atom. The number of hydrogen-bond donors (Lipinski definition) is 0. The number of carbonyl (C=O) groups excluding carboxylic acids is 1. The lowest BCUT2D eigenvalue weighted by Crippen LogP contribution is -2.42. The van der Waals surface area contributed by atoms with Crippen molar-refractivity contribution >= 4 is 5.91 Å². The van der Waals surface area contributed by atoms with Gasteiger partial charge in [0.2, 0.25) is 0 Å². The van der Waals surface area contributed by atoms with Gasteiger partial charge in [0.1, 0.15) is 5.76 Å². The van der Waals surface area contributed by atoms with E-state index in [1.165, 1.54) is 6.42 Å². The van der Waals surface area contributed by atoms with Crippen molar-refractivity contribution in [1.29, 1.82) is 0 Å². The van der Waals surface area contributed by atoms with Crippen LogP contribution in [-0.2, 0) is 0 Å². The number of nitrogens with zero attached hydrogens (tertiary/aromatic N) is 2. The molecule has 0 saturated carbocycles. The lowest BCUT2D eigenvalue weighted by molar-refractivity contribution is 0.0613. The second kappa shape index (κ2) is 4.28. The van der Waals surface area contributed by atoms with Crippen molar-refractivity contribution in [3.8, 4) is 0 Å². The fourth-order valence-corrected chi connectivity index (χ4v) is 2.46. The van der Waals surface area contributed by atoms with Crippen molar-refractivity contribution in [3.05, 3.63) is 17.5 Å². The molecule has 0 bridgehead atoms. The topological polar surface area (TPSA) is 46.3 Å². The molecule has 0 N–H and O–H groups in total. The third-order valence-electron chi connectivity index (χ3n) is 3.00. The predicted octanol–water partition coefficient (Wildman–Crippen LogP) is 2.10. The number of piperidine rings is 1. The van der Waals surface area contributed by atoms with Crippen molar-refractivity contribution in [3.63, 3.8) is 0 Å². The summed E-state index contributed by atoms with van der Waals surface area (Å²) in [4.78, 5) is 14.0. The summed E-state index contributed by atoms with van der Waals surface area (Å²) in [6, 6.07) is 1.70. The third kappa shape index (κ3) is 2.26. The molecule has 2 rings (SSSR count). The van der Waals surface area contributed by atoms with Crippen molar-refractivity contribution in [2.45, 2.75) is 27.2 Å². The number of likely N-dealkylation sites (tertiary alicyclic amines) is 1. The average Bonchev–Trinajstić information content (AvgIpc) is 2.62. The summed E-state index contributed by atoms with van der Waals surface area (Å²) in [7, 11) is 0. The minimum absolute atomic E-state index is 0.00440. The molecule has 2 heterocycles. The van der Waals surface area contributed by atoms with E-state index in [4.69, 9.17) is 4.52 Å². The lowest BCUT2D eigenvalue weighted by atomic mass is 9.92. The van der Waals surface area contributed by atoms with E-state index in [-0.39, 0.29) is 5.91 Å². The lowest BCUT2D eigenvalue weighted by Gasteiger charge is -2.34. The molecular formula is C12H18N2O2. The fraction of sp³-hybridized carbons (Fsp3) is 0.667. The Kier molecular flexibility index (Phi) is 2.99. The quantitative estimate of drug-likeness (QED) is 0.731. The Bertz CT molecular complexity index is 376. The van der Waals surface area contributed by atoms with E-state index in [1.807, 2.05) is 4.90 Å². The van der Waals surface area contributed by atoms with Gasteiger partial charge < -0.3 is 9.42 Å². The van der Waals surface area contributed by atoms with Crippen LogP contribution in [0, 0.1) is 18.8 Å². The van der Waals surface area contributed by atoms with E-state index in [2.05, 4.69) is 19.0 Å². The normalized spacial score (nSPS) is 25.8. The molecule has 2 atom stereocenters. The number of aromatic nitrogens is 1. The standard InChI is InChI=1S/C12H18N2O2/c1-8-4-9(2)7-14(6-8)12(15)11-5-10(3)16-13-11/h5,8-9H,4,6-7H2,1-3H3/t8-,9-/m1/s1. The van der Waals surface area contributed by atoms with Gasteiger partial charge in [0, 0.05) is 19.2 Å². The molecule has 0 aromatic carbocycles. The smallest absolute Gasteiger partial charge is 0.276 e. The molecule has 1 saturated heterocycles. The van der Waals surface area contributed by atoms with Gasteiger partial charge >= 0.3 is 0 Å². The summed E-state index contributed by atoms with van der Waals surface area (Å²) in [5, 5.41) is 3.77. The molecule has 0 spiro atoms. The Morgan fingerprint density at radius 2 is 2.06 bits per heavy atom. The Balaban J connectivity index is 2.09. The Hall–Kier alpha value is -1.32. The molecule has 0 radical (unpaired) electrons. The van der Waals surface area contributed by atoms with E-state index in [1.54, 1.807) is 13.0 Å². The van der Waals surface area contributed by atoms with Gasteiger partial charge in [-0.25, -0.2) is 0 Å². The Morgan fingerprint density at radius 3 is 2.56 bits per heavy atom. The first-order valence-electron chi connectivity index (χ1n) is 5.79. The molecule has 4 heteroatoms. The molecule has 1 aliphatic rings. The van der Waals surface area contributed by atoms with Crippen LogP contribution in [0.3, 0.4) is 0 Å². The third-order valence-corrected chi connectivity index (χ3v) is 3.00. The summed E-state index contributed by atoms with van der Waals surface area (Å²) >= 11 is 0. The monoisotopic (exact) mass is 222 g/mol. The maximum Gasteiger partial charge on any atom is 0.276 e. The molecule has 0 aliphatic carbocycles. The first-order chi connectivity index (χ1) is 7.56. The molecule has 1 aromatic heterocycles. The van der Waals surface area contributed by atoms with E-state index >= 15 is 0 Å². The van der Waals surface area contributed by atoms with Gasteiger partial charge in [0.15, 0.2) is 5.69 Å². The second-order valence-corrected chi connectivity index (χ2v) is 4.98. The number of aryl methyl sites for hydroxylation is 1. The highest BCUT2D eigenvalue weighted by molar-refractivity contribution is 5.92. The summed E-state index contributed by atoms with van der Waals surface area (Å²) in [6.07, 6.45) is 1.20. The molecule has 88 valence electrons. The number of hydrogen-bond acceptors (Lipinski definition) is 3. The van der Waals surface area contributed by atoms with Crippen LogP contribution in [0.2, 0.25) is 0 Å². The zero-order valence-electron chi connectivity index (χ0n) is 10.1. The van der Waals surface area contributed by atoms with Gasteiger partial charge in [0.05, 0.1) is 0 Å². The highest BCUT2D eigenvalue weighted by Gasteiger charge is 2.27. The molecule has 4 nitrogen and oxygen atoms in total. The highest BCUT2D eigenvalue weighted by atomic mass is 16.5. The van der Waals surface area contributed by atoms with Crippen LogP contribution in [0.1, 0.15) is 36.5 Å². The van der Waals surface area contributed by atoms with Gasteiger partial charge in [-0.15, -0.1) is 0 Å². The summed E-state index contributed by atoms with van der Waals surface area (Å²) in [6.45, 7) is 7.82. The van der Waals surface area contributed by atoms with E-state index in [9.17, 15) is 4.79 Å². The molecule has 16 heavy (non-hydrogen) atoms. The van der Waals surface area contributed by atoms with Crippen molar-refractivity contribution in [1.82, 2.24) is 10.1 Å². The second-order valence-electron chi connectivity index (χ2n) is 4.98. The van der Waals surface area contributed by atoms with E-state index in [0.717, 1.165) is 13.1 Å². The van der Waals surface area contributed by atoms with Crippen molar-refractivity contribution < 1.29 is 9.32 Å². The van der Waals surface area contributed by atoms with Gasteiger partial charge in [-0.05, 0) is 25.2 Å². The maximum atomic E-state index is 12.1. The SMILES string of the molecule is Cc1cc(C(=O)N2C[C@H](C)C[C@@H](C)C2)no1. The predicted molar refractivity (Wildman–Crippen MR) is 60.1 cm³/mol. The van der Waals surface area contributed by atoms with E-state index < -0.39 is 0 Å². The molecule has 0 unspecified atom stereocenters. The van der Waals surface area contributed by atoms with Crippen LogP contribution in [0.4, 0.5) is 0 Å². The molecule has 1 amide bonds. The highest BCUT2D eigenvalue weighted by Crippen LogP contribution is 2.22. The zero-order valence-corrected chi connectivity index (χ0v) is 10.1.